The van der Waals surface area contributed by atoms with E-state index in [4.69, 9.17) is 9.47 Å². The van der Waals surface area contributed by atoms with E-state index < -0.39 is 0 Å². The summed E-state index contributed by atoms with van der Waals surface area (Å²) in [5, 5.41) is 0. The minimum atomic E-state index is 0.118. The molecular formula is C18H23NO3. The third-order valence-electron chi connectivity index (χ3n) is 6.31. The van der Waals surface area contributed by atoms with Gasteiger partial charge in [-0.25, -0.2) is 0 Å². The van der Waals surface area contributed by atoms with E-state index in [1.54, 1.807) is 14.2 Å². The second-order valence-corrected chi connectivity index (χ2v) is 7.00. The molecule has 3 fully saturated rings. The Morgan fingerprint density at radius 2 is 2.00 bits per heavy atom. The maximum absolute atomic E-state index is 12.2. The maximum atomic E-state index is 12.2. The van der Waals surface area contributed by atoms with Crippen molar-refractivity contribution in [3.8, 4) is 11.5 Å². The molecule has 1 aromatic rings. The third kappa shape index (κ3) is 1.59. The molecule has 0 amide bonds. The molecule has 0 aromatic heterocycles. The van der Waals surface area contributed by atoms with Gasteiger partial charge in [-0.2, -0.15) is 0 Å². The maximum Gasteiger partial charge on any atom is 0.161 e. The van der Waals surface area contributed by atoms with Crippen LogP contribution in [-0.4, -0.2) is 44.5 Å². The van der Waals surface area contributed by atoms with Gasteiger partial charge in [0, 0.05) is 23.8 Å². The van der Waals surface area contributed by atoms with Gasteiger partial charge in [-0.3, -0.25) is 4.79 Å². The zero-order valence-electron chi connectivity index (χ0n) is 13.5. The van der Waals surface area contributed by atoms with Gasteiger partial charge >= 0.3 is 0 Å². The van der Waals surface area contributed by atoms with Crippen LogP contribution in [0.25, 0.3) is 0 Å². The van der Waals surface area contributed by atoms with Gasteiger partial charge in [0.25, 0.3) is 0 Å². The Labute approximate surface area is 131 Å². The van der Waals surface area contributed by atoms with E-state index in [-0.39, 0.29) is 11.3 Å². The van der Waals surface area contributed by atoms with Crippen molar-refractivity contribution in [2.24, 2.45) is 11.8 Å². The van der Waals surface area contributed by atoms with Gasteiger partial charge in [0.2, 0.25) is 0 Å². The number of Topliss-reactive ketones (excluding diaryl/α,β-unsaturated/α-hetero) is 1. The van der Waals surface area contributed by atoms with Crippen LogP contribution in [0.1, 0.15) is 24.8 Å². The lowest BCUT2D eigenvalue weighted by Crippen LogP contribution is -2.48. The molecule has 2 aliphatic carbocycles. The summed E-state index contributed by atoms with van der Waals surface area (Å²) < 4.78 is 10.9. The van der Waals surface area contributed by atoms with Crippen LogP contribution in [0.2, 0.25) is 0 Å². The zero-order valence-corrected chi connectivity index (χ0v) is 13.5. The zero-order chi connectivity index (χ0) is 15.5. The molecule has 0 N–H and O–H groups in total. The Bertz CT molecular complexity index is 629. The summed E-state index contributed by atoms with van der Waals surface area (Å²) in [4.78, 5) is 14.7. The van der Waals surface area contributed by atoms with Gasteiger partial charge in [-0.15, -0.1) is 0 Å². The first-order chi connectivity index (χ1) is 10.6. The molecular weight excluding hydrogens is 278 g/mol. The predicted molar refractivity (Wildman–Crippen MR) is 83.5 cm³/mol. The third-order valence-corrected chi connectivity index (χ3v) is 6.31. The quantitative estimate of drug-likeness (QED) is 0.858. The van der Waals surface area contributed by atoms with Gasteiger partial charge in [-0.1, -0.05) is 6.07 Å². The Morgan fingerprint density at radius 3 is 2.73 bits per heavy atom. The van der Waals surface area contributed by atoms with Crippen LogP contribution in [0.15, 0.2) is 18.2 Å². The summed E-state index contributed by atoms with van der Waals surface area (Å²) in [7, 11) is 5.52. The molecule has 0 radical (unpaired) electrons. The fraction of sp³-hybridized carbons (Fsp3) is 0.611. The molecule has 3 aliphatic rings. The number of likely N-dealkylation sites (tertiary alicyclic amines) is 1. The first-order valence-electron chi connectivity index (χ1n) is 8.07. The summed E-state index contributed by atoms with van der Waals surface area (Å²) in [6, 6.07) is 6.68. The van der Waals surface area contributed by atoms with Gasteiger partial charge in [0.05, 0.1) is 14.2 Å². The second-order valence-electron chi connectivity index (χ2n) is 7.00. The molecule has 4 heteroatoms. The van der Waals surface area contributed by atoms with Crippen LogP contribution in [0.4, 0.5) is 0 Å². The van der Waals surface area contributed by atoms with Gasteiger partial charge < -0.3 is 14.4 Å². The number of hydrogen-bond acceptors (Lipinski definition) is 4. The van der Waals surface area contributed by atoms with E-state index in [1.165, 1.54) is 5.56 Å². The number of benzene rings is 1. The number of rotatable bonds is 3. The predicted octanol–water partition coefficient (Wildman–Crippen LogP) is 2.25. The molecule has 0 spiro atoms. The minimum absolute atomic E-state index is 0.118. The van der Waals surface area contributed by atoms with Crippen LogP contribution >= 0.6 is 0 Å². The van der Waals surface area contributed by atoms with Crippen molar-refractivity contribution < 1.29 is 14.3 Å². The van der Waals surface area contributed by atoms with Crippen LogP contribution in [0.3, 0.4) is 0 Å². The number of carbonyl (C=O) groups excluding carboxylic acids is 1. The smallest absolute Gasteiger partial charge is 0.161 e. The summed E-state index contributed by atoms with van der Waals surface area (Å²) >= 11 is 0. The number of nitrogens with zero attached hydrogens (tertiary/aromatic N) is 1. The monoisotopic (exact) mass is 301 g/mol. The highest BCUT2D eigenvalue weighted by Gasteiger charge is 2.65. The minimum Gasteiger partial charge on any atom is -0.493 e. The average Bonchev–Trinajstić information content (AvgIpc) is 3.17. The van der Waals surface area contributed by atoms with Crippen LogP contribution in [-0.2, 0) is 10.2 Å². The molecule has 1 aromatic carbocycles. The Morgan fingerprint density at radius 1 is 1.23 bits per heavy atom. The van der Waals surface area contributed by atoms with E-state index in [0.717, 1.165) is 37.3 Å². The van der Waals surface area contributed by atoms with Crippen LogP contribution < -0.4 is 9.47 Å². The Hall–Kier alpha value is -1.55. The van der Waals surface area contributed by atoms with E-state index >= 15 is 0 Å². The fourth-order valence-electron chi connectivity index (χ4n) is 5.44. The number of hydrogen-bond donors (Lipinski definition) is 0. The van der Waals surface area contributed by atoms with E-state index in [2.05, 4.69) is 24.1 Å². The first-order valence-corrected chi connectivity index (χ1v) is 8.07. The fourth-order valence-corrected chi connectivity index (χ4v) is 5.44. The molecule has 1 aliphatic heterocycles. The summed E-state index contributed by atoms with van der Waals surface area (Å²) in [5.74, 6) is 2.74. The molecule has 4 atom stereocenters. The highest BCUT2D eigenvalue weighted by atomic mass is 16.5. The first kappa shape index (κ1) is 14.1. The van der Waals surface area contributed by atoms with Crippen molar-refractivity contribution in [2.45, 2.75) is 30.7 Å². The number of ketones is 1. The molecule has 2 bridgehead atoms. The Balaban J connectivity index is 1.82. The van der Waals surface area contributed by atoms with Crippen molar-refractivity contribution in [3.05, 3.63) is 23.8 Å². The van der Waals surface area contributed by atoms with Crippen LogP contribution in [0.5, 0.6) is 11.5 Å². The van der Waals surface area contributed by atoms with Crippen LogP contribution in [0, 0.1) is 11.8 Å². The number of likely N-dealkylation sites (N-methyl/N-ethyl adjacent to an activating group) is 1. The molecule has 4 nitrogen and oxygen atoms in total. The number of ether oxygens (including phenoxy) is 2. The lowest BCUT2D eigenvalue weighted by atomic mass is 9.65. The van der Waals surface area contributed by atoms with E-state index in [9.17, 15) is 4.79 Å². The van der Waals surface area contributed by atoms with E-state index in [1.807, 2.05) is 6.07 Å². The SMILES string of the molecule is COc1ccc(C23CCN(C)C2C2CC3CC2=O)cc1OC. The largest absolute Gasteiger partial charge is 0.493 e. The number of methoxy groups -OCH3 is 2. The van der Waals surface area contributed by atoms with Gasteiger partial charge in [0.1, 0.15) is 5.78 Å². The Kier molecular flexibility index (Phi) is 3.02. The average molecular weight is 301 g/mol. The lowest BCUT2D eigenvalue weighted by molar-refractivity contribution is -0.124. The lowest BCUT2D eigenvalue weighted by Gasteiger charge is -2.41. The molecule has 1 saturated heterocycles. The molecule has 118 valence electrons. The topological polar surface area (TPSA) is 38.8 Å². The summed E-state index contributed by atoms with van der Waals surface area (Å²) in [6.45, 7) is 1.07. The standard InChI is InChI=1S/C18H23NO3/c1-19-7-6-18(12-8-13(17(18)19)14(20)9-12)11-4-5-15(21-2)16(10-11)22-3/h4-5,10,12-13,17H,6-9H2,1-3H3. The molecule has 22 heavy (non-hydrogen) atoms. The van der Waals surface area contributed by atoms with E-state index in [0.29, 0.717) is 17.7 Å². The van der Waals surface area contributed by atoms with Gasteiger partial charge in [0.15, 0.2) is 11.5 Å². The van der Waals surface area contributed by atoms with Gasteiger partial charge in [-0.05, 0) is 50.0 Å². The number of carbonyl (C=O) groups is 1. The second kappa shape index (κ2) is 4.72. The molecule has 4 rings (SSSR count). The summed E-state index contributed by atoms with van der Waals surface area (Å²) in [5.41, 5.74) is 1.44. The van der Waals surface area contributed by atoms with Crippen molar-refractivity contribution >= 4 is 5.78 Å². The number of fused-ring (bicyclic) bond motifs is 5. The highest BCUT2D eigenvalue weighted by molar-refractivity contribution is 5.86. The molecule has 4 unspecified atom stereocenters. The van der Waals surface area contributed by atoms with Crippen molar-refractivity contribution in [3.63, 3.8) is 0 Å². The molecule has 1 heterocycles. The summed E-state index contributed by atoms with van der Waals surface area (Å²) in [6.07, 6.45) is 2.95. The normalized spacial score (nSPS) is 36.7. The van der Waals surface area contributed by atoms with Crippen molar-refractivity contribution in [1.82, 2.24) is 4.90 Å². The van der Waals surface area contributed by atoms with Crippen molar-refractivity contribution in [2.75, 3.05) is 27.8 Å². The highest BCUT2D eigenvalue weighted by Crippen LogP contribution is 2.61. The van der Waals surface area contributed by atoms with Crippen molar-refractivity contribution in [1.29, 1.82) is 0 Å². The molecule has 2 saturated carbocycles.